The number of rotatable bonds is 2. The predicted molar refractivity (Wildman–Crippen MR) is 50.3 cm³/mol. The van der Waals surface area contributed by atoms with E-state index in [0.29, 0.717) is 0 Å². The molecule has 2 rings (SSSR count). The third kappa shape index (κ3) is 1.49. The molecule has 0 amide bonds. The fraction of sp³-hybridized carbons (Fsp3) is 1.00. The maximum absolute atomic E-state index is 9.95. The van der Waals surface area contributed by atoms with Crippen molar-refractivity contribution in [2.45, 2.75) is 57.0 Å². The summed E-state index contributed by atoms with van der Waals surface area (Å²) >= 11 is 0. The first-order valence-corrected chi connectivity index (χ1v) is 5.33. The highest BCUT2D eigenvalue weighted by Gasteiger charge is 2.46. The fourth-order valence-electron chi connectivity index (χ4n) is 2.70. The van der Waals surface area contributed by atoms with Crippen molar-refractivity contribution >= 4 is 0 Å². The molecular weight excluding hydrogens is 166 g/mol. The first-order chi connectivity index (χ1) is 6.24. The lowest BCUT2D eigenvalue weighted by atomic mass is 9.85. The Bertz CT molecular complexity index is 170. The van der Waals surface area contributed by atoms with E-state index in [1.54, 1.807) is 0 Å². The predicted octanol–water partition coefficient (Wildman–Crippen LogP) is 0.652. The molecule has 2 aliphatic rings. The van der Waals surface area contributed by atoms with Crippen LogP contribution in [0.25, 0.3) is 0 Å². The van der Waals surface area contributed by atoms with Crippen molar-refractivity contribution < 1.29 is 9.84 Å². The Balaban J connectivity index is 2.08. The van der Waals surface area contributed by atoms with Crippen molar-refractivity contribution in [3.05, 3.63) is 0 Å². The summed E-state index contributed by atoms with van der Waals surface area (Å²) in [6, 6.07) is 0.0497. The molecule has 2 saturated heterocycles. The molecule has 3 N–H and O–H groups in total. The van der Waals surface area contributed by atoms with E-state index < -0.39 is 0 Å². The van der Waals surface area contributed by atoms with Crippen molar-refractivity contribution in [3.8, 4) is 0 Å². The van der Waals surface area contributed by atoms with E-state index in [2.05, 4.69) is 6.92 Å². The van der Waals surface area contributed by atoms with Gasteiger partial charge in [0.25, 0.3) is 0 Å². The Labute approximate surface area is 79.3 Å². The Morgan fingerprint density at radius 1 is 1.38 bits per heavy atom. The number of nitrogens with two attached hydrogens (primary N) is 1. The Kier molecular flexibility index (Phi) is 2.58. The molecule has 5 atom stereocenters. The topological polar surface area (TPSA) is 55.5 Å². The lowest BCUT2D eigenvalue weighted by molar-refractivity contribution is -0.119. The van der Waals surface area contributed by atoms with Gasteiger partial charge in [0.05, 0.1) is 18.3 Å². The molecular formula is C10H19NO2. The van der Waals surface area contributed by atoms with Gasteiger partial charge in [-0.15, -0.1) is 0 Å². The third-order valence-electron chi connectivity index (χ3n) is 3.45. The summed E-state index contributed by atoms with van der Waals surface area (Å²) < 4.78 is 5.62. The second-order valence-corrected chi connectivity index (χ2v) is 4.31. The van der Waals surface area contributed by atoms with Gasteiger partial charge in [0.15, 0.2) is 0 Å². The molecule has 5 unspecified atom stereocenters. The largest absolute Gasteiger partial charge is 0.390 e. The van der Waals surface area contributed by atoms with Gasteiger partial charge >= 0.3 is 0 Å². The summed E-state index contributed by atoms with van der Waals surface area (Å²) in [5.74, 6) is 0.260. The van der Waals surface area contributed by atoms with E-state index in [0.717, 1.165) is 25.7 Å². The van der Waals surface area contributed by atoms with Crippen LogP contribution < -0.4 is 5.73 Å². The molecule has 0 aromatic carbocycles. The van der Waals surface area contributed by atoms with E-state index in [1.165, 1.54) is 0 Å². The first-order valence-electron chi connectivity index (χ1n) is 5.33. The molecule has 2 fully saturated rings. The van der Waals surface area contributed by atoms with Crippen LogP contribution in [-0.4, -0.2) is 29.5 Å². The quantitative estimate of drug-likeness (QED) is 0.664. The molecule has 0 spiro atoms. The summed E-state index contributed by atoms with van der Waals surface area (Å²) in [5, 5.41) is 9.95. The van der Waals surface area contributed by atoms with Crippen LogP contribution in [0.4, 0.5) is 0 Å². The molecule has 2 heterocycles. The number of ether oxygens (including phenoxy) is 1. The molecule has 0 aliphatic carbocycles. The van der Waals surface area contributed by atoms with Gasteiger partial charge < -0.3 is 15.6 Å². The van der Waals surface area contributed by atoms with Gasteiger partial charge in [-0.2, -0.15) is 0 Å². The fourth-order valence-corrected chi connectivity index (χ4v) is 2.70. The van der Waals surface area contributed by atoms with Crippen LogP contribution in [0.15, 0.2) is 0 Å². The van der Waals surface area contributed by atoms with Crippen molar-refractivity contribution in [1.29, 1.82) is 0 Å². The van der Waals surface area contributed by atoms with Crippen LogP contribution in [0.5, 0.6) is 0 Å². The number of aliphatic hydroxyl groups is 1. The Morgan fingerprint density at radius 2 is 2.08 bits per heavy atom. The van der Waals surface area contributed by atoms with Gasteiger partial charge in [0, 0.05) is 12.0 Å². The smallest absolute Gasteiger partial charge is 0.0845 e. The van der Waals surface area contributed by atoms with E-state index in [9.17, 15) is 5.11 Å². The van der Waals surface area contributed by atoms with Gasteiger partial charge in [0.1, 0.15) is 0 Å². The molecule has 76 valence electrons. The van der Waals surface area contributed by atoms with Gasteiger partial charge in [0.2, 0.25) is 0 Å². The second kappa shape index (κ2) is 3.56. The molecule has 0 aromatic rings. The van der Waals surface area contributed by atoms with Gasteiger partial charge in [-0.1, -0.05) is 13.3 Å². The van der Waals surface area contributed by atoms with Crippen molar-refractivity contribution in [2.24, 2.45) is 11.7 Å². The molecule has 0 saturated carbocycles. The SMILES string of the molecule is CCCC1C(N)C2CCC(O2)C1O. The van der Waals surface area contributed by atoms with Crippen LogP contribution >= 0.6 is 0 Å². The van der Waals surface area contributed by atoms with Crippen LogP contribution in [-0.2, 0) is 4.74 Å². The molecule has 13 heavy (non-hydrogen) atoms. The Morgan fingerprint density at radius 3 is 2.77 bits per heavy atom. The summed E-state index contributed by atoms with van der Waals surface area (Å²) in [6.45, 7) is 2.14. The van der Waals surface area contributed by atoms with Crippen LogP contribution in [0.2, 0.25) is 0 Å². The number of hydrogen-bond donors (Lipinski definition) is 2. The Hall–Kier alpha value is -0.120. The summed E-state index contributed by atoms with van der Waals surface area (Å²) in [4.78, 5) is 0. The maximum atomic E-state index is 9.95. The standard InChI is InChI=1S/C10H19NO2/c1-2-3-6-9(11)7-4-5-8(13-7)10(6)12/h6-10,12H,2-5,11H2,1H3. The average Bonchev–Trinajstić information content (AvgIpc) is 2.56. The number of aliphatic hydroxyl groups excluding tert-OH is 1. The monoisotopic (exact) mass is 185 g/mol. The molecule has 3 nitrogen and oxygen atoms in total. The summed E-state index contributed by atoms with van der Waals surface area (Å²) in [7, 11) is 0. The van der Waals surface area contributed by atoms with Crippen LogP contribution in [0, 0.1) is 5.92 Å². The minimum atomic E-state index is -0.325. The molecule has 2 aliphatic heterocycles. The van der Waals surface area contributed by atoms with Crippen molar-refractivity contribution in [1.82, 2.24) is 0 Å². The third-order valence-corrected chi connectivity index (χ3v) is 3.45. The molecule has 2 bridgehead atoms. The van der Waals surface area contributed by atoms with Crippen molar-refractivity contribution in [2.75, 3.05) is 0 Å². The molecule has 3 heteroatoms. The highest BCUT2D eigenvalue weighted by atomic mass is 16.5. The lowest BCUT2D eigenvalue weighted by Crippen LogP contribution is -2.53. The minimum absolute atomic E-state index is 0.0497. The van der Waals surface area contributed by atoms with Crippen molar-refractivity contribution in [3.63, 3.8) is 0 Å². The highest BCUT2D eigenvalue weighted by molar-refractivity contribution is 4.98. The lowest BCUT2D eigenvalue weighted by Gasteiger charge is -2.38. The second-order valence-electron chi connectivity index (χ2n) is 4.31. The zero-order valence-corrected chi connectivity index (χ0v) is 8.15. The van der Waals surface area contributed by atoms with Gasteiger partial charge in [-0.05, 0) is 19.3 Å². The number of hydrogen-bond acceptors (Lipinski definition) is 3. The van der Waals surface area contributed by atoms with E-state index in [4.69, 9.17) is 10.5 Å². The zero-order valence-electron chi connectivity index (χ0n) is 8.15. The average molecular weight is 185 g/mol. The maximum Gasteiger partial charge on any atom is 0.0845 e. The van der Waals surface area contributed by atoms with Gasteiger partial charge in [-0.25, -0.2) is 0 Å². The molecule has 0 aromatic heterocycles. The normalized spacial score (nSPS) is 49.6. The van der Waals surface area contributed by atoms with E-state index >= 15 is 0 Å². The number of fused-ring (bicyclic) bond motifs is 2. The van der Waals surface area contributed by atoms with Crippen LogP contribution in [0.3, 0.4) is 0 Å². The minimum Gasteiger partial charge on any atom is -0.390 e. The van der Waals surface area contributed by atoms with Gasteiger partial charge in [-0.3, -0.25) is 0 Å². The first kappa shape index (κ1) is 9.44. The van der Waals surface area contributed by atoms with E-state index in [1.807, 2.05) is 0 Å². The highest BCUT2D eigenvalue weighted by Crippen LogP contribution is 2.37. The summed E-state index contributed by atoms with van der Waals surface area (Å²) in [5.41, 5.74) is 6.05. The van der Waals surface area contributed by atoms with E-state index in [-0.39, 0.29) is 30.3 Å². The molecule has 0 radical (unpaired) electrons. The van der Waals surface area contributed by atoms with Crippen LogP contribution in [0.1, 0.15) is 32.6 Å². The zero-order chi connectivity index (χ0) is 9.42. The summed E-state index contributed by atoms with van der Waals surface area (Å²) in [6.07, 6.45) is 4.09.